The maximum atomic E-state index is 12.6. The van der Waals surface area contributed by atoms with E-state index in [0.717, 1.165) is 18.3 Å². The van der Waals surface area contributed by atoms with Crippen LogP contribution in [0.3, 0.4) is 0 Å². The molecule has 24 heavy (non-hydrogen) atoms. The van der Waals surface area contributed by atoms with Crippen molar-refractivity contribution in [1.29, 1.82) is 5.26 Å². The van der Waals surface area contributed by atoms with Crippen molar-refractivity contribution in [3.05, 3.63) is 62.4 Å². The summed E-state index contributed by atoms with van der Waals surface area (Å²) < 4.78 is 43.4. The molecule has 0 spiro atoms. The van der Waals surface area contributed by atoms with E-state index in [-0.39, 0.29) is 24.5 Å². The normalized spacial score (nSPS) is 10.9. The number of nitriles is 1. The zero-order valence-corrected chi connectivity index (χ0v) is 12.0. The summed E-state index contributed by atoms with van der Waals surface area (Å²) in [4.78, 5) is 29.5. The third kappa shape index (κ3) is 4.16. The lowest BCUT2D eigenvalue weighted by Gasteiger charge is -2.11. The topological polar surface area (TPSA) is 97.1 Å². The second-order valence-electron chi connectivity index (χ2n) is 4.45. The van der Waals surface area contributed by atoms with Crippen molar-refractivity contribution in [2.75, 3.05) is 13.2 Å². The minimum absolute atomic E-state index is 0.0139. The van der Waals surface area contributed by atoms with Gasteiger partial charge in [-0.3, -0.25) is 9.78 Å². The van der Waals surface area contributed by atoms with Gasteiger partial charge in [-0.25, -0.2) is 4.79 Å². The highest BCUT2D eigenvalue weighted by Crippen LogP contribution is 2.31. The Morgan fingerprint density at radius 2 is 2.00 bits per heavy atom. The van der Waals surface area contributed by atoms with Gasteiger partial charge in [-0.05, 0) is 18.2 Å². The molecule has 0 fully saturated rings. The average molecular weight is 341 g/mol. The molecule has 1 aromatic heterocycles. The van der Waals surface area contributed by atoms with Gasteiger partial charge in [-0.15, -0.1) is 4.73 Å². The van der Waals surface area contributed by atoms with Gasteiger partial charge in [0.25, 0.3) is 5.56 Å². The van der Waals surface area contributed by atoms with E-state index in [1.165, 1.54) is 12.1 Å². The first-order chi connectivity index (χ1) is 11.3. The van der Waals surface area contributed by atoms with E-state index in [1.54, 1.807) is 6.07 Å². The Labute approximate surface area is 132 Å². The van der Waals surface area contributed by atoms with Gasteiger partial charge in [-0.2, -0.15) is 18.4 Å². The number of H-pyrrole nitrogens is 1. The fourth-order valence-corrected chi connectivity index (χ4v) is 1.69. The monoisotopic (exact) mass is 341 g/mol. The van der Waals surface area contributed by atoms with E-state index in [0.29, 0.717) is 4.73 Å². The van der Waals surface area contributed by atoms with E-state index in [2.05, 4.69) is 0 Å². The summed E-state index contributed by atoms with van der Waals surface area (Å²) in [5.74, 6) is -0.0139. The molecule has 0 radical (unpaired) electrons. The summed E-state index contributed by atoms with van der Waals surface area (Å²) in [6.45, 7) is -0.359. The van der Waals surface area contributed by atoms with Gasteiger partial charge in [-0.1, -0.05) is 6.07 Å². The van der Waals surface area contributed by atoms with Crippen LogP contribution in [0.4, 0.5) is 13.2 Å². The van der Waals surface area contributed by atoms with Crippen LogP contribution in [0, 0.1) is 11.3 Å². The van der Waals surface area contributed by atoms with E-state index in [9.17, 15) is 22.8 Å². The van der Waals surface area contributed by atoms with Crippen molar-refractivity contribution in [2.45, 2.75) is 6.18 Å². The maximum absolute atomic E-state index is 12.6. The number of alkyl halides is 3. The summed E-state index contributed by atoms with van der Waals surface area (Å²) in [5, 5.41) is 8.69. The molecule has 1 N–H and O–H groups in total. The molecule has 0 saturated carbocycles. The molecular weight excluding hydrogens is 331 g/mol. The number of halogens is 3. The summed E-state index contributed by atoms with van der Waals surface area (Å²) in [7, 11) is 0. The zero-order chi connectivity index (χ0) is 17.7. The molecule has 0 saturated heterocycles. The SMILES string of the molecule is N#Cc1cn(OCCOc2cccc(C(F)(F)F)c2)c(=O)[nH]c1=O. The highest BCUT2D eigenvalue weighted by Gasteiger charge is 2.30. The molecule has 0 aliphatic heterocycles. The number of hydrogen-bond donors (Lipinski definition) is 1. The lowest BCUT2D eigenvalue weighted by molar-refractivity contribution is -0.137. The first kappa shape index (κ1) is 17.1. The Kier molecular flexibility index (Phi) is 4.93. The van der Waals surface area contributed by atoms with Gasteiger partial charge in [0.15, 0.2) is 0 Å². The molecule has 0 unspecified atom stereocenters. The van der Waals surface area contributed by atoms with Gasteiger partial charge in [0.1, 0.15) is 30.6 Å². The van der Waals surface area contributed by atoms with E-state index < -0.39 is 23.0 Å². The Morgan fingerprint density at radius 1 is 1.25 bits per heavy atom. The third-order valence-electron chi connectivity index (χ3n) is 2.78. The summed E-state index contributed by atoms with van der Waals surface area (Å²) in [5.41, 5.74) is -2.91. The van der Waals surface area contributed by atoms with Crippen molar-refractivity contribution in [1.82, 2.24) is 9.71 Å². The van der Waals surface area contributed by atoms with Gasteiger partial charge < -0.3 is 9.57 Å². The molecule has 126 valence electrons. The number of nitrogens with one attached hydrogen (secondary N) is 1. The molecule has 10 heteroatoms. The van der Waals surface area contributed by atoms with Crippen molar-refractivity contribution in [3.63, 3.8) is 0 Å². The average Bonchev–Trinajstić information content (AvgIpc) is 2.52. The fourth-order valence-electron chi connectivity index (χ4n) is 1.69. The summed E-state index contributed by atoms with van der Waals surface area (Å²) in [6.07, 6.45) is -3.57. The van der Waals surface area contributed by atoms with Gasteiger partial charge in [0.05, 0.1) is 11.8 Å². The van der Waals surface area contributed by atoms with E-state index in [1.807, 2.05) is 4.98 Å². The Hall–Kier alpha value is -3.22. The number of nitrogens with zero attached hydrogens (tertiary/aromatic N) is 2. The number of aromatic nitrogens is 2. The second kappa shape index (κ2) is 6.91. The number of aromatic amines is 1. The molecule has 0 bridgehead atoms. The Bertz CT molecular complexity index is 880. The quantitative estimate of drug-likeness (QED) is 0.816. The molecule has 0 amide bonds. The Balaban J connectivity index is 1.96. The van der Waals surface area contributed by atoms with E-state index in [4.69, 9.17) is 14.8 Å². The van der Waals surface area contributed by atoms with Gasteiger partial charge in [0.2, 0.25) is 0 Å². The number of rotatable bonds is 5. The predicted octanol–water partition coefficient (Wildman–Crippen LogP) is 0.935. The van der Waals surface area contributed by atoms with Gasteiger partial charge >= 0.3 is 11.9 Å². The molecule has 0 aliphatic rings. The highest BCUT2D eigenvalue weighted by molar-refractivity contribution is 5.30. The van der Waals surface area contributed by atoms with Crippen LogP contribution in [-0.4, -0.2) is 22.9 Å². The van der Waals surface area contributed by atoms with Crippen LogP contribution in [0.2, 0.25) is 0 Å². The first-order valence-electron chi connectivity index (χ1n) is 6.50. The molecule has 2 aromatic rings. The molecule has 2 rings (SSSR count). The molecule has 7 nitrogen and oxygen atoms in total. The van der Waals surface area contributed by atoms with Crippen LogP contribution in [0.1, 0.15) is 11.1 Å². The first-order valence-corrected chi connectivity index (χ1v) is 6.50. The fraction of sp³-hybridized carbons (Fsp3) is 0.214. The number of ether oxygens (including phenoxy) is 1. The second-order valence-corrected chi connectivity index (χ2v) is 4.45. The minimum atomic E-state index is -4.48. The van der Waals surface area contributed by atoms with Crippen LogP contribution in [0.15, 0.2) is 40.1 Å². The maximum Gasteiger partial charge on any atom is 0.416 e. The van der Waals surface area contributed by atoms with Crippen molar-refractivity contribution in [2.24, 2.45) is 0 Å². The zero-order valence-electron chi connectivity index (χ0n) is 12.0. The van der Waals surface area contributed by atoms with Crippen LogP contribution < -0.4 is 20.8 Å². The molecular formula is C14H10F3N3O4. The van der Waals surface area contributed by atoms with Crippen molar-refractivity contribution >= 4 is 0 Å². The molecule has 0 aliphatic carbocycles. The smallest absolute Gasteiger partial charge is 0.416 e. The van der Waals surface area contributed by atoms with Crippen LogP contribution in [-0.2, 0) is 6.18 Å². The molecule has 1 aromatic carbocycles. The highest BCUT2D eigenvalue weighted by atomic mass is 19.4. The standard InChI is InChI=1S/C14H10F3N3O4/c15-14(16,17)10-2-1-3-11(6-10)23-4-5-24-20-8-9(7-18)12(21)19-13(20)22/h1-3,6,8H,4-5H2,(H,19,21,22). The van der Waals surface area contributed by atoms with Crippen LogP contribution >= 0.6 is 0 Å². The van der Waals surface area contributed by atoms with E-state index >= 15 is 0 Å². The van der Waals surface area contributed by atoms with Gasteiger partial charge in [0, 0.05) is 0 Å². The molecule has 1 heterocycles. The lowest BCUT2D eigenvalue weighted by Crippen LogP contribution is -2.36. The number of hydrogen-bond acceptors (Lipinski definition) is 5. The molecule has 0 atom stereocenters. The number of benzene rings is 1. The van der Waals surface area contributed by atoms with Crippen molar-refractivity contribution < 1.29 is 22.7 Å². The summed E-state index contributed by atoms with van der Waals surface area (Å²) >= 11 is 0. The largest absolute Gasteiger partial charge is 0.490 e. The lowest BCUT2D eigenvalue weighted by atomic mass is 10.2. The van der Waals surface area contributed by atoms with Crippen LogP contribution in [0.5, 0.6) is 5.75 Å². The third-order valence-corrected chi connectivity index (χ3v) is 2.78. The van der Waals surface area contributed by atoms with Crippen molar-refractivity contribution in [3.8, 4) is 11.8 Å². The minimum Gasteiger partial charge on any atom is -0.490 e. The Morgan fingerprint density at radius 3 is 2.67 bits per heavy atom. The van der Waals surface area contributed by atoms with Crippen LogP contribution in [0.25, 0.3) is 0 Å². The summed E-state index contributed by atoms with van der Waals surface area (Å²) in [6, 6.07) is 5.86. The predicted molar refractivity (Wildman–Crippen MR) is 74.4 cm³/mol.